The van der Waals surface area contributed by atoms with Crippen LogP contribution in [0.4, 0.5) is 4.79 Å². The van der Waals surface area contributed by atoms with E-state index in [0.717, 1.165) is 6.42 Å². The predicted octanol–water partition coefficient (Wildman–Crippen LogP) is 3.34. The minimum atomic E-state index is -4.00. The highest BCUT2D eigenvalue weighted by atomic mass is 32.2. The van der Waals surface area contributed by atoms with Crippen molar-refractivity contribution in [1.82, 2.24) is 35.8 Å². The first-order valence-electron chi connectivity index (χ1n) is 18.8. The lowest BCUT2D eigenvalue weighted by molar-refractivity contribution is -0.142. The highest BCUT2D eigenvalue weighted by Gasteiger charge is 2.63. The fraction of sp³-hybridized carbons (Fsp3) is 0.632. The monoisotopic (exact) mass is 767 g/mol. The van der Waals surface area contributed by atoms with E-state index >= 15 is 0 Å². The van der Waals surface area contributed by atoms with Gasteiger partial charge in [-0.2, -0.15) is 0 Å². The molecular formula is C38H53N7O8S. The third-order valence-corrected chi connectivity index (χ3v) is 13.3. The zero-order valence-electron chi connectivity index (χ0n) is 32.1. The Morgan fingerprint density at radius 2 is 1.70 bits per heavy atom. The Balaban J connectivity index is 1.35. The van der Waals surface area contributed by atoms with Crippen molar-refractivity contribution < 1.29 is 37.1 Å². The molecule has 2 saturated carbocycles. The van der Waals surface area contributed by atoms with Gasteiger partial charge in [0.1, 0.15) is 23.7 Å². The van der Waals surface area contributed by atoms with E-state index in [0.29, 0.717) is 42.3 Å². The molecule has 1 aromatic carbocycles. The Morgan fingerprint density at radius 1 is 1.04 bits per heavy atom. The molecule has 5 amide bonds. The number of ether oxygens (including phenoxy) is 2. The van der Waals surface area contributed by atoms with E-state index in [1.807, 2.05) is 64.1 Å². The molecule has 4 aliphatic rings. The summed E-state index contributed by atoms with van der Waals surface area (Å²) in [6.45, 7) is 11.1. The molecule has 7 atom stereocenters. The summed E-state index contributed by atoms with van der Waals surface area (Å²) in [5, 5.41) is 18.4. The number of allylic oxidation sites excluding steroid dienone is 1. The molecule has 15 nitrogen and oxygen atoms in total. The second kappa shape index (κ2) is 14.6. The average molecular weight is 768 g/mol. The third-order valence-electron chi connectivity index (χ3n) is 11.1. The molecule has 2 aromatic rings. The number of carbonyl (C=O) groups is 4. The van der Waals surface area contributed by atoms with Gasteiger partial charge in [0.15, 0.2) is 0 Å². The van der Waals surface area contributed by atoms with Gasteiger partial charge in [-0.1, -0.05) is 38.1 Å². The summed E-state index contributed by atoms with van der Waals surface area (Å²) in [5.41, 5.74) is -2.10. The molecule has 0 spiro atoms. The topological polar surface area (TPSA) is 198 Å². The molecule has 1 aromatic heterocycles. The number of hydrogen-bond donors (Lipinski definition) is 4. The lowest BCUT2D eigenvalue weighted by Gasteiger charge is -2.33. The van der Waals surface area contributed by atoms with Crippen LogP contribution in [0.1, 0.15) is 86.5 Å². The summed E-state index contributed by atoms with van der Waals surface area (Å²) in [6.07, 6.45) is 6.28. The molecule has 0 unspecified atom stereocenters. The van der Waals surface area contributed by atoms with E-state index in [4.69, 9.17) is 9.47 Å². The fourth-order valence-electron chi connectivity index (χ4n) is 7.57. The molecule has 0 radical (unpaired) electrons. The van der Waals surface area contributed by atoms with Crippen LogP contribution in [0.15, 0.2) is 36.4 Å². The smallest absolute Gasteiger partial charge is 0.315 e. The Morgan fingerprint density at radius 3 is 2.35 bits per heavy atom. The highest BCUT2D eigenvalue weighted by molar-refractivity contribution is 7.91. The number of amides is 5. The van der Waals surface area contributed by atoms with Crippen LogP contribution in [0, 0.1) is 17.8 Å². The number of aromatic nitrogens is 2. The molecule has 16 heteroatoms. The van der Waals surface area contributed by atoms with Crippen molar-refractivity contribution in [2.24, 2.45) is 17.8 Å². The lowest BCUT2D eigenvalue weighted by atomic mass is 9.88. The van der Waals surface area contributed by atoms with Crippen molar-refractivity contribution in [1.29, 1.82) is 0 Å². The minimum Gasteiger partial charge on any atom is -0.479 e. The Labute approximate surface area is 316 Å². The number of nitrogens with one attached hydrogen (secondary N) is 4. The van der Waals surface area contributed by atoms with E-state index in [1.165, 1.54) is 12.0 Å². The molecule has 294 valence electrons. The van der Waals surface area contributed by atoms with Crippen LogP contribution in [0.2, 0.25) is 0 Å². The molecule has 2 aliphatic heterocycles. The minimum absolute atomic E-state index is 0.0277. The van der Waals surface area contributed by atoms with E-state index in [9.17, 15) is 27.6 Å². The number of urea groups is 1. The summed E-state index contributed by atoms with van der Waals surface area (Å²) < 4.78 is 39.4. The van der Waals surface area contributed by atoms with Gasteiger partial charge < -0.3 is 30.3 Å². The van der Waals surface area contributed by atoms with Crippen molar-refractivity contribution in [3.63, 3.8) is 0 Å². The number of fused-ring (bicyclic) bond motifs is 3. The van der Waals surface area contributed by atoms with Gasteiger partial charge in [-0.15, -0.1) is 10.2 Å². The van der Waals surface area contributed by atoms with Crippen LogP contribution in [0.5, 0.6) is 11.8 Å². The standard InChI is InChI=1S/C38H53N7O8S/c1-22-12-8-9-13-24-20-38(24,34(48)44-54(50,51)37(6)16-17-37)40-30(46)28-19-25(53-32-27-15-11-10-14-26(27)31(52-7)42-43-32)21-45(28)33(47)29(23(2)18-22)39-35(49)41-36(3,4)5/h9-11,13-15,22-25,28-29H,8,12,16-21H2,1-7H3,(H,40,46)(H,44,48)(H2,39,41,49)/t22-,23+,24+,25+,28-,29-,38+/m0/s1. The maximum Gasteiger partial charge on any atom is 0.315 e. The fourth-order valence-corrected chi connectivity index (χ4v) is 8.88. The van der Waals surface area contributed by atoms with Crippen LogP contribution in [-0.2, 0) is 24.4 Å². The Hall–Kier alpha value is -4.47. The second-order valence-corrected chi connectivity index (χ2v) is 19.0. The summed E-state index contributed by atoms with van der Waals surface area (Å²) in [4.78, 5) is 57.8. The summed E-state index contributed by atoms with van der Waals surface area (Å²) in [6, 6.07) is 4.64. The average Bonchev–Trinajstić information content (AvgIpc) is 3.98. The van der Waals surface area contributed by atoms with Gasteiger partial charge in [0.25, 0.3) is 5.91 Å². The number of nitrogens with zero attached hydrogens (tertiary/aromatic N) is 3. The van der Waals surface area contributed by atoms with E-state index < -0.39 is 73.7 Å². The lowest BCUT2D eigenvalue weighted by Crippen LogP contribution is -2.60. The Bertz CT molecular complexity index is 1940. The first-order chi connectivity index (χ1) is 25.4. The number of hydrogen-bond acceptors (Lipinski definition) is 10. The third kappa shape index (κ3) is 8.13. The first kappa shape index (κ1) is 39.2. The van der Waals surface area contributed by atoms with Crippen LogP contribution in [0.3, 0.4) is 0 Å². The zero-order valence-corrected chi connectivity index (χ0v) is 32.9. The Kier molecular flexibility index (Phi) is 10.6. The largest absolute Gasteiger partial charge is 0.479 e. The summed E-state index contributed by atoms with van der Waals surface area (Å²) >= 11 is 0. The van der Waals surface area contributed by atoms with Gasteiger partial charge in [-0.3, -0.25) is 19.1 Å². The SMILES string of the molecule is COc1nnc(O[C@@H]2C[C@H]3C(=O)N[C@]4(C(=O)NS(=O)(=O)C5(C)CC5)C[C@H]4C=CCC[C@H](C)C[C@@H](C)[C@H](NC(=O)NC(C)(C)C)C(=O)N3C2)c2ccccc12. The van der Waals surface area contributed by atoms with Crippen molar-refractivity contribution in [3.05, 3.63) is 36.4 Å². The molecule has 3 fully saturated rings. The van der Waals surface area contributed by atoms with Crippen LogP contribution in [0.25, 0.3) is 10.8 Å². The van der Waals surface area contributed by atoms with Crippen molar-refractivity contribution in [3.8, 4) is 11.8 Å². The highest BCUT2D eigenvalue weighted by Crippen LogP contribution is 2.47. The quantitative estimate of drug-likeness (QED) is 0.303. The van der Waals surface area contributed by atoms with Crippen molar-refractivity contribution in [2.45, 2.75) is 121 Å². The van der Waals surface area contributed by atoms with Gasteiger partial charge in [0.2, 0.25) is 33.6 Å². The van der Waals surface area contributed by atoms with Gasteiger partial charge >= 0.3 is 6.03 Å². The molecular weight excluding hydrogens is 715 g/mol. The zero-order chi connectivity index (χ0) is 39.2. The van der Waals surface area contributed by atoms with Crippen LogP contribution in [-0.4, -0.2) is 94.9 Å². The maximum atomic E-state index is 14.8. The number of carbonyl (C=O) groups excluding carboxylic acids is 4. The molecule has 1 saturated heterocycles. The molecule has 4 N–H and O–H groups in total. The molecule has 6 rings (SSSR count). The number of methoxy groups -OCH3 is 1. The number of benzene rings is 1. The first-order valence-corrected chi connectivity index (χ1v) is 20.3. The summed E-state index contributed by atoms with van der Waals surface area (Å²) in [7, 11) is -2.50. The van der Waals surface area contributed by atoms with Crippen molar-refractivity contribution in [2.75, 3.05) is 13.7 Å². The van der Waals surface area contributed by atoms with Crippen molar-refractivity contribution >= 4 is 44.5 Å². The summed E-state index contributed by atoms with van der Waals surface area (Å²) in [5.74, 6) is -1.99. The van der Waals surface area contributed by atoms with Gasteiger partial charge in [0, 0.05) is 17.9 Å². The molecule has 0 bridgehead atoms. The maximum absolute atomic E-state index is 14.8. The number of sulfonamides is 1. The normalized spacial score (nSPS) is 29.8. The molecule has 3 heterocycles. The van der Waals surface area contributed by atoms with E-state index in [-0.39, 0.29) is 37.1 Å². The van der Waals surface area contributed by atoms with Crippen LogP contribution < -0.4 is 30.1 Å². The second-order valence-electron chi connectivity index (χ2n) is 16.8. The predicted molar refractivity (Wildman–Crippen MR) is 201 cm³/mol. The van der Waals surface area contributed by atoms with Gasteiger partial charge in [-0.05, 0) is 90.2 Å². The molecule has 2 aliphatic carbocycles. The van der Waals surface area contributed by atoms with Gasteiger partial charge in [0.05, 0.1) is 29.2 Å². The van der Waals surface area contributed by atoms with E-state index in [2.05, 4.69) is 37.8 Å². The van der Waals surface area contributed by atoms with E-state index in [1.54, 1.807) is 6.92 Å². The molecule has 54 heavy (non-hydrogen) atoms. The van der Waals surface area contributed by atoms with Crippen LogP contribution >= 0.6 is 0 Å². The number of rotatable bonds is 7. The van der Waals surface area contributed by atoms with Gasteiger partial charge in [-0.25, -0.2) is 13.2 Å².